The van der Waals surface area contributed by atoms with Gasteiger partial charge >= 0.3 is 0 Å². The zero-order chi connectivity index (χ0) is 17.9. The number of carbonyl (C=O) groups is 1. The molecule has 0 aromatic carbocycles. The molecule has 0 atom stereocenters. The normalized spacial score (nSPS) is 12.3. The molecule has 4 heteroatoms. The Morgan fingerprint density at radius 2 is 1.50 bits per heavy atom. The third-order valence-corrected chi connectivity index (χ3v) is 3.80. The van der Waals surface area contributed by atoms with Crippen molar-refractivity contribution in [3.05, 3.63) is 46.2 Å². The molecule has 0 unspecified atom stereocenters. The van der Waals surface area contributed by atoms with Gasteiger partial charge in [-0.15, -0.1) is 0 Å². The van der Waals surface area contributed by atoms with Crippen molar-refractivity contribution in [3.8, 4) is 0 Å². The molecule has 0 aliphatic carbocycles. The van der Waals surface area contributed by atoms with Crippen molar-refractivity contribution in [3.63, 3.8) is 0 Å². The van der Waals surface area contributed by atoms with Gasteiger partial charge in [-0.05, 0) is 44.6 Å². The molecule has 0 N–H and O–H groups in total. The van der Waals surface area contributed by atoms with Gasteiger partial charge in [0.2, 0.25) is 5.70 Å². The van der Waals surface area contributed by atoms with Crippen LogP contribution in [0.3, 0.4) is 0 Å². The molecule has 0 radical (unpaired) electrons. The third kappa shape index (κ3) is 15.2. The highest BCUT2D eigenvalue weighted by atomic mass is 16.6. The Kier molecular flexibility index (Phi) is 16.4. The maximum Gasteiger partial charge on any atom is 0.246 e. The molecule has 0 heterocycles. The summed E-state index contributed by atoms with van der Waals surface area (Å²) in [6.07, 6.45) is 22.3. The lowest BCUT2D eigenvalue weighted by atomic mass is 10.1. The van der Waals surface area contributed by atoms with Crippen molar-refractivity contribution >= 4 is 6.29 Å². The van der Waals surface area contributed by atoms with E-state index in [2.05, 4.69) is 13.0 Å². The van der Waals surface area contributed by atoms with Crippen molar-refractivity contribution in [2.24, 2.45) is 0 Å². The van der Waals surface area contributed by atoms with Crippen LogP contribution >= 0.6 is 0 Å². The van der Waals surface area contributed by atoms with E-state index in [1.807, 2.05) is 18.2 Å². The first-order valence-corrected chi connectivity index (χ1v) is 9.29. The molecular weight excluding hydrogens is 302 g/mol. The number of nitrogens with zero attached hydrogens (tertiary/aromatic N) is 1. The largest absolute Gasteiger partial charge is 0.303 e. The summed E-state index contributed by atoms with van der Waals surface area (Å²) >= 11 is 0. The van der Waals surface area contributed by atoms with E-state index in [4.69, 9.17) is 0 Å². The molecule has 24 heavy (non-hydrogen) atoms. The fraction of sp³-hybridized carbons (Fsp3) is 0.650. The second-order valence-corrected chi connectivity index (χ2v) is 5.99. The van der Waals surface area contributed by atoms with Crippen LogP contribution in [0.1, 0.15) is 84.0 Å². The van der Waals surface area contributed by atoms with E-state index in [1.165, 1.54) is 19.3 Å². The van der Waals surface area contributed by atoms with E-state index in [0.29, 0.717) is 19.3 Å². The van der Waals surface area contributed by atoms with Gasteiger partial charge < -0.3 is 4.79 Å². The minimum atomic E-state index is -0.283. The summed E-state index contributed by atoms with van der Waals surface area (Å²) in [7, 11) is 0. The molecule has 0 spiro atoms. The van der Waals surface area contributed by atoms with E-state index in [-0.39, 0.29) is 10.6 Å². The van der Waals surface area contributed by atoms with E-state index in [1.54, 1.807) is 6.08 Å². The predicted octanol–water partition coefficient (Wildman–Crippen LogP) is 6.16. The van der Waals surface area contributed by atoms with Crippen LogP contribution in [-0.2, 0) is 4.79 Å². The molecule has 0 aliphatic rings. The van der Waals surface area contributed by atoms with Crippen molar-refractivity contribution in [2.75, 3.05) is 0 Å². The molecule has 0 amide bonds. The van der Waals surface area contributed by atoms with E-state index < -0.39 is 0 Å². The lowest BCUT2D eigenvalue weighted by Gasteiger charge is -1.96. The van der Waals surface area contributed by atoms with Crippen LogP contribution in [-0.4, -0.2) is 11.2 Å². The van der Waals surface area contributed by atoms with E-state index in [9.17, 15) is 14.9 Å². The SMILES string of the molecule is CCCCC/C=C\C/C=C(\C/C=C\CCCCCCC=O)[N+](=O)[O-]. The van der Waals surface area contributed by atoms with E-state index >= 15 is 0 Å². The lowest BCUT2D eigenvalue weighted by molar-refractivity contribution is -0.427. The zero-order valence-electron chi connectivity index (χ0n) is 15.1. The fourth-order valence-electron chi connectivity index (χ4n) is 2.33. The average Bonchev–Trinajstić information content (AvgIpc) is 2.57. The summed E-state index contributed by atoms with van der Waals surface area (Å²) < 4.78 is 0. The van der Waals surface area contributed by atoms with Gasteiger partial charge in [-0.25, -0.2) is 0 Å². The predicted molar refractivity (Wildman–Crippen MR) is 100 cm³/mol. The highest BCUT2D eigenvalue weighted by Crippen LogP contribution is 2.09. The summed E-state index contributed by atoms with van der Waals surface area (Å²) in [5, 5.41) is 11.0. The van der Waals surface area contributed by atoms with Crippen LogP contribution in [0, 0.1) is 10.1 Å². The number of nitro groups is 1. The van der Waals surface area contributed by atoms with Crippen LogP contribution in [0.25, 0.3) is 0 Å². The number of carbonyl (C=O) groups excluding carboxylic acids is 1. The minimum absolute atomic E-state index is 0.274. The highest BCUT2D eigenvalue weighted by Gasteiger charge is 2.06. The van der Waals surface area contributed by atoms with Crippen molar-refractivity contribution in [2.45, 2.75) is 84.0 Å². The monoisotopic (exact) mass is 335 g/mol. The number of rotatable bonds is 16. The first-order chi connectivity index (χ1) is 11.7. The average molecular weight is 335 g/mol. The molecular formula is C20H33NO3. The van der Waals surface area contributed by atoms with Gasteiger partial charge in [-0.3, -0.25) is 10.1 Å². The molecule has 0 saturated carbocycles. The Morgan fingerprint density at radius 1 is 0.875 bits per heavy atom. The van der Waals surface area contributed by atoms with Crippen molar-refractivity contribution in [1.82, 2.24) is 0 Å². The second kappa shape index (κ2) is 17.6. The second-order valence-electron chi connectivity index (χ2n) is 5.99. The van der Waals surface area contributed by atoms with Crippen LogP contribution < -0.4 is 0 Å². The van der Waals surface area contributed by atoms with Gasteiger partial charge in [0.05, 0.1) is 11.3 Å². The van der Waals surface area contributed by atoms with Crippen LogP contribution in [0.5, 0.6) is 0 Å². The van der Waals surface area contributed by atoms with Crippen molar-refractivity contribution in [1.29, 1.82) is 0 Å². The minimum Gasteiger partial charge on any atom is -0.303 e. The molecule has 0 aromatic rings. The number of hydrogen-bond donors (Lipinski definition) is 0. The van der Waals surface area contributed by atoms with Gasteiger partial charge in [0.1, 0.15) is 6.29 Å². The molecule has 0 bridgehead atoms. The van der Waals surface area contributed by atoms with Crippen molar-refractivity contribution < 1.29 is 9.72 Å². The highest BCUT2D eigenvalue weighted by molar-refractivity contribution is 5.48. The quantitative estimate of drug-likeness (QED) is 0.112. The van der Waals surface area contributed by atoms with Gasteiger partial charge in [-0.1, -0.05) is 56.9 Å². The van der Waals surface area contributed by atoms with Gasteiger partial charge in [0, 0.05) is 6.42 Å². The number of allylic oxidation sites excluding steroid dienone is 5. The van der Waals surface area contributed by atoms with Crippen LogP contribution in [0.2, 0.25) is 0 Å². The Morgan fingerprint density at radius 3 is 2.12 bits per heavy atom. The number of hydrogen-bond acceptors (Lipinski definition) is 3. The molecule has 4 nitrogen and oxygen atoms in total. The molecule has 0 saturated heterocycles. The summed E-state index contributed by atoms with van der Waals surface area (Å²) in [5.74, 6) is 0. The summed E-state index contributed by atoms with van der Waals surface area (Å²) in [4.78, 5) is 20.9. The topological polar surface area (TPSA) is 60.2 Å². The summed E-state index contributed by atoms with van der Waals surface area (Å²) in [6, 6.07) is 0. The standard InChI is InChI=1S/C20H33NO3/c1-2-3-4-5-8-11-14-17-20(21(23)24)18-15-12-9-6-7-10-13-16-19-22/h8,11-12,15,17,19H,2-7,9-10,13-14,16,18H2,1H3/b11-8-,15-12-,20-17+. The zero-order valence-corrected chi connectivity index (χ0v) is 15.1. The number of unbranched alkanes of at least 4 members (excludes halogenated alkanes) is 8. The van der Waals surface area contributed by atoms with Gasteiger partial charge in [-0.2, -0.15) is 0 Å². The number of aldehydes is 1. The van der Waals surface area contributed by atoms with Gasteiger partial charge in [0.25, 0.3) is 0 Å². The third-order valence-electron chi connectivity index (χ3n) is 3.80. The molecule has 0 fully saturated rings. The fourth-order valence-corrected chi connectivity index (χ4v) is 2.33. The maximum absolute atomic E-state index is 11.0. The molecule has 0 aromatic heterocycles. The molecule has 136 valence electrons. The smallest absolute Gasteiger partial charge is 0.246 e. The van der Waals surface area contributed by atoms with Crippen LogP contribution in [0.15, 0.2) is 36.1 Å². The Balaban J connectivity index is 3.90. The molecule has 0 aliphatic heterocycles. The summed E-state index contributed by atoms with van der Waals surface area (Å²) in [6.45, 7) is 2.18. The first-order valence-electron chi connectivity index (χ1n) is 9.29. The lowest BCUT2D eigenvalue weighted by Crippen LogP contribution is -1.97. The maximum atomic E-state index is 11.0. The first kappa shape index (κ1) is 22.3. The summed E-state index contributed by atoms with van der Waals surface area (Å²) in [5.41, 5.74) is 0.274. The molecule has 0 rings (SSSR count). The van der Waals surface area contributed by atoms with E-state index in [0.717, 1.165) is 44.8 Å². The Labute approximate surface area is 146 Å². The Bertz CT molecular complexity index is 411. The van der Waals surface area contributed by atoms with Crippen LogP contribution in [0.4, 0.5) is 0 Å². The Hall–Kier alpha value is -1.71. The van der Waals surface area contributed by atoms with Gasteiger partial charge in [0.15, 0.2) is 0 Å².